The third-order valence-corrected chi connectivity index (χ3v) is 3.80. The minimum atomic E-state index is -0.749. The molecule has 1 amide bonds. The van der Waals surface area contributed by atoms with Gasteiger partial charge in [0.15, 0.2) is 17.2 Å². The number of carbonyl (C=O) groups excluding carboxylic acids is 2. The minimum absolute atomic E-state index is 0.0876. The Hall–Kier alpha value is -3.36. The molecule has 8 nitrogen and oxygen atoms in total. The summed E-state index contributed by atoms with van der Waals surface area (Å²) >= 11 is 0. The molecule has 1 atom stereocenters. The molecule has 9 heteroatoms. The molecule has 0 aliphatic heterocycles. The molecule has 1 unspecified atom stereocenters. The number of hydrogen-bond donors (Lipinski definition) is 2. The largest absolute Gasteiger partial charge is 0.503 e. The maximum absolute atomic E-state index is 13.2. The molecule has 2 N–H and O–H groups in total. The fraction of sp³-hybridized carbons (Fsp3) is 0.316. The Balaban J connectivity index is 1.89. The van der Waals surface area contributed by atoms with Crippen LogP contribution >= 0.6 is 0 Å². The van der Waals surface area contributed by atoms with Crippen molar-refractivity contribution in [2.24, 2.45) is 0 Å². The van der Waals surface area contributed by atoms with Crippen LogP contribution in [-0.2, 0) is 16.0 Å². The number of ether oxygens (including phenoxy) is 3. The number of rotatable bonds is 8. The molecule has 1 heterocycles. The molecule has 0 aliphatic carbocycles. The van der Waals surface area contributed by atoms with Gasteiger partial charge in [0.1, 0.15) is 24.2 Å². The zero-order valence-corrected chi connectivity index (χ0v) is 15.7. The number of methoxy groups -OCH3 is 2. The predicted octanol–water partition coefficient (Wildman–Crippen LogP) is 1.85. The molecule has 2 rings (SSSR count). The summed E-state index contributed by atoms with van der Waals surface area (Å²) in [6.07, 6.45) is 1.07. The molecule has 2 aromatic rings. The number of amides is 1. The molecule has 28 heavy (non-hydrogen) atoms. The highest BCUT2D eigenvalue weighted by molar-refractivity contribution is 5.97. The van der Waals surface area contributed by atoms with E-state index in [1.54, 1.807) is 13.0 Å². The lowest BCUT2D eigenvalue weighted by Crippen LogP contribution is -2.33. The van der Waals surface area contributed by atoms with E-state index in [2.05, 4.69) is 10.3 Å². The zero-order chi connectivity index (χ0) is 20.7. The van der Waals surface area contributed by atoms with Gasteiger partial charge >= 0.3 is 5.97 Å². The highest BCUT2D eigenvalue weighted by atomic mass is 19.1. The Morgan fingerprint density at radius 2 is 1.93 bits per heavy atom. The summed E-state index contributed by atoms with van der Waals surface area (Å²) in [5, 5.41) is 12.2. The lowest BCUT2D eigenvalue weighted by Gasteiger charge is -2.16. The minimum Gasteiger partial charge on any atom is -0.503 e. The second-order valence-electron chi connectivity index (χ2n) is 5.85. The van der Waals surface area contributed by atoms with Crippen LogP contribution in [0.3, 0.4) is 0 Å². The maximum atomic E-state index is 13.2. The summed E-state index contributed by atoms with van der Waals surface area (Å²) in [4.78, 5) is 27.8. The van der Waals surface area contributed by atoms with Crippen molar-refractivity contribution in [3.8, 4) is 17.2 Å². The first-order chi connectivity index (χ1) is 13.3. The summed E-state index contributed by atoms with van der Waals surface area (Å²) in [7, 11) is 2.76. The highest BCUT2D eigenvalue weighted by Gasteiger charge is 2.19. The summed E-state index contributed by atoms with van der Waals surface area (Å²) < 4.78 is 28.5. The van der Waals surface area contributed by atoms with Crippen LogP contribution in [0.4, 0.5) is 4.39 Å². The average Bonchev–Trinajstić information content (AvgIpc) is 2.67. The van der Waals surface area contributed by atoms with Crippen LogP contribution in [0.5, 0.6) is 17.2 Å². The Bertz CT molecular complexity index is 858. The first-order valence-corrected chi connectivity index (χ1v) is 8.37. The monoisotopic (exact) mass is 392 g/mol. The van der Waals surface area contributed by atoms with Crippen LogP contribution in [-0.4, -0.2) is 48.8 Å². The number of aromatic nitrogens is 1. The van der Waals surface area contributed by atoms with Crippen LogP contribution < -0.4 is 14.8 Å². The van der Waals surface area contributed by atoms with E-state index in [-0.39, 0.29) is 11.4 Å². The first kappa shape index (κ1) is 20.9. The van der Waals surface area contributed by atoms with Crippen molar-refractivity contribution in [2.75, 3.05) is 20.8 Å². The van der Waals surface area contributed by atoms with Crippen LogP contribution in [0.15, 0.2) is 30.5 Å². The molecular formula is C19H21FN2O6. The number of nitrogens with zero attached hydrogens (tertiary/aromatic N) is 1. The van der Waals surface area contributed by atoms with Gasteiger partial charge in [-0.25, -0.2) is 9.37 Å². The zero-order valence-electron chi connectivity index (χ0n) is 15.7. The number of benzene rings is 1. The van der Waals surface area contributed by atoms with Gasteiger partial charge in [-0.15, -0.1) is 0 Å². The van der Waals surface area contributed by atoms with Gasteiger partial charge in [-0.1, -0.05) is 6.07 Å². The molecule has 0 bridgehead atoms. The van der Waals surface area contributed by atoms with Crippen molar-refractivity contribution in [1.29, 1.82) is 0 Å². The van der Waals surface area contributed by atoms with Crippen LogP contribution in [0.1, 0.15) is 23.0 Å². The molecule has 0 spiro atoms. The van der Waals surface area contributed by atoms with Gasteiger partial charge in [-0.3, -0.25) is 9.59 Å². The number of hydrogen-bond acceptors (Lipinski definition) is 7. The lowest BCUT2D eigenvalue weighted by molar-refractivity contribution is -0.146. The molecule has 0 saturated heterocycles. The van der Waals surface area contributed by atoms with E-state index in [4.69, 9.17) is 14.2 Å². The van der Waals surface area contributed by atoms with Crippen molar-refractivity contribution < 1.29 is 33.3 Å². The Labute approximate surface area is 161 Å². The fourth-order valence-corrected chi connectivity index (χ4v) is 2.51. The number of halogens is 1. The molecule has 150 valence electrons. The quantitative estimate of drug-likeness (QED) is 0.660. The van der Waals surface area contributed by atoms with E-state index in [1.807, 2.05) is 0 Å². The van der Waals surface area contributed by atoms with E-state index in [9.17, 15) is 19.1 Å². The van der Waals surface area contributed by atoms with Crippen molar-refractivity contribution in [2.45, 2.75) is 19.4 Å². The van der Waals surface area contributed by atoms with Gasteiger partial charge in [-0.05, 0) is 18.6 Å². The van der Waals surface area contributed by atoms with E-state index in [0.29, 0.717) is 17.7 Å². The molecular weight excluding hydrogens is 371 g/mol. The van der Waals surface area contributed by atoms with Gasteiger partial charge in [0.2, 0.25) is 0 Å². The third kappa shape index (κ3) is 5.32. The Morgan fingerprint density at radius 1 is 1.21 bits per heavy atom. The third-order valence-electron chi connectivity index (χ3n) is 3.80. The molecule has 0 aliphatic rings. The SMILES string of the molecule is COc1cc(F)ccc1CC(C)OC(=O)CNC(=O)c1nccc(OC)c1O. The van der Waals surface area contributed by atoms with Gasteiger partial charge in [0.25, 0.3) is 5.91 Å². The summed E-state index contributed by atoms with van der Waals surface area (Å²) in [6.45, 7) is 1.25. The van der Waals surface area contributed by atoms with Crippen LogP contribution in [0, 0.1) is 5.82 Å². The Kier molecular flexibility index (Phi) is 7.14. The predicted molar refractivity (Wildman–Crippen MR) is 97.0 cm³/mol. The number of aromatic hydroxyl groups is 1. The average molecular weight is 392 g/mol. The highest BCUT2D eigenvalue weighted by Crippen LogP contribution is 2.27. The van der Waals surface area contributed by atoms with E-state index in [0.717, 1.165) is 0 Å². The van der Waals surface area contributed by atoms with Crippen molar-refractivity contribution in [1.82, 2.24) is 10.3 Å². The second kappa shape index (κ2) is 9.54. The fourth-order valence-electron chi connectivity index (χ4n) is 2.51. The number of carbonyl (C=O) groups is 2. The van der Waals surface area contributed by atoms with Crippen molar-refractivity contribution in [3.05, 3.63) is 47.5 Å². The summed E-state index contributed by atoms with van der Waals surface area (Å²) in [6, 6.07) is 5.49. The van der Waals surface area contributed by atoms with E-state index in [1.165, 1.54) is 38.6 Å². The van der Waals surface area contributed by atoms with Crippen molar-refractivity contribution >= 4 is 11.9 Å². The molecule has 0 fully saturated rings. The number of nitrogens with one attached hydrogen (secondary N) is 1. The number of esters is 1. The smallest absolute Gasteiger partial charge is 0.325 e. The van der Waals surface area contributed by atoms with E-state index >= 15 is 0 Å². The molecule has 0 radical (unpaired) electrons. The van der Waals surface area contributed by atoms with Crippen LogP contribution in [0.2, 0.25) is 0 Å². The topological polar surface area (TPSA) is 107 Å². The maximum Gasteiger partial charge on any atom is 0.325 e. The normalized spacial score (nSPS) is 11.4. The Morgan fingerprint density at radius 3 is 2.61 bits per heavy atom. The standard InChI is InChI=1S/C19H21FN2O6/c1-11(8-12-4-5-13(20)9-15(12)27-3)28-16(23)10-22-19(25)17-18(24)14(26-2)6-7-21-17/h4-7,9,11,24H,8,10H2,1-3H3,(H,22,25). The van der Waals surface area contributed by atoms with Gasteiger partial charge in [0.05, 0.1) is 14.2 Å². The van der Waals surface area contributed by atoms with Crippen molar-refractivity contribution in [3.63, 3.8) is 0 Å². The molecule has 1 aromatic carbocycles. The van der Waals surface area contributed by atoms with E-state index < -0.39 is 36.1 Å². The molecule has 1 aromatic heterocycles. The number of pyridine rings is 1. The van der Waals surface area contributed by atoms with Gasteiger partial charge in [0, 0.05) is 24.8 Å². The van der Waals surface area contributed by atoms with Gasteiger partial charge in [-0.2, -0.15) is 0 Å². The summed E-state index contributed by atoms with van der Waals surface area (Å²) in [5.74, 6) is -1.83. The first-order valence-electron chi connectivity index (χ1n) is 8.37. The lowest BCUT2D eigenvalue weighted by atomic mass is 10.1. The van der Waals surface area contributed by atoms with Gasteiger partial charge < -0.3 is 24.6 Å². The van der Waals surface area contributed by atoms with Crippen LogP contribution in [0.25, 0.3) is 0 Å². The summed E-state index contributed by atoms with van der Waals surface area (Å²) in [5.41, 5.74) is 0.412. The second-order valence-corrected chi connectivity index (χ2v) is 5.85. The molecule has 0 saturated carbocycles.